The minimum Gasteiger partial charge on any atom is -0.489 e. The summed E-state index contributed by atoms with van der Waals surface area (Å²) in [4.78, 5) is 0. The van der Waals surface area contributed by atoms with Crippen LogP contribution in [0.5, 0.6) is 5.75 Å². The lowest BCUT2D eigenvalue weighted by atomic mass is 10.1. The van der Waals surface area contributed by atoms with Crippen molar-refractivity contribution in [3.63, 3.8) is 0 Å². The van der Waals surface area contributed by atoms with Gasteiger partial charge in [0.05, 0.1) is 6.10 Å². The van der Waals surface area contributed by atoms with Gasteiger partial charge in [0, 0.05) is 10.0 Å². The fraction of sp³-hybridized carbons (Fsp3) is 0.250. The monoisotopic (exact) mass is 320 g/mol. The van der Waals surface area contributed by atoms with Crippen LogP contribution in [-0.4, -0.2) is 5.11 Å². The molecule has 0 unspecified atom stereocenters. The van der Waals surface area contributed by atoms with E-state index in [0.29, 0.717) is 6.61 Å². The molecule has 100 valence electrons. The van der Waals surface area contributed by atoms with E-state index in [1.54, 1.807) is 6.92 Å². The Hall–Kier alpha value is -1.32. The molecule has 0 aromatic heterocycles. The number of rotatable bonds is 4. The summed E-state index contributed by atoms with van der Waals surface area (Å²) in [6.45, 7) is 4.24. The van der Waals surface area contributed by atoms with Gasteiger partial charge in [-0.15, -0.1) is 0 Å². The normalized spacial score (nSPS) is 12.2. The van der Waals surface area contributed by atoms with Crippen molar-refractivity contribution in [3.8, 4) is 5.75 Å². The first-order valence-electron chi connectivity index (χ1n) is 6.22. The summed E-state index contributed by atoms with van der Waals surface area (Å²) in [5, 5.41) is 9.78. The van der Waals surface area contributed by atoms with Crippen LogP contribution in [0.2, 0.25) is 0 Å². The van der Waals surface area contributed by atoms with Gasteiger partial charge in [-0.2, -0.15) is 0 Å². The highest BCUT2D eigenvalue weighted by molar-refractivity contribution is 9.10. The summed E-state index contributed by atoms with van der Waals surface area (Å²) in [6, 6.07) is 13.9. The van der Waals surface area contributed by atoms with E-state index in [4.69, 9.17) is 4.74 Å². The Kier molecular flexibility index (Phi) is 4.61. The zero-order chi connectivity index (χ0) is 13.8. The molecule has 0 saturated heterocycles. The van der Waals surface area contributed by atoms with Crippen molar-refractivity contribution >= 4 is 15.9 Å². The van der Waals surface area contributed by atoms with Crippen molar-refractivity contribution < 1.29 is 9.84 Å². The number of aryl methyl sites for hydroxylation is 1. The molecular formula is C16H17BrO2. The second-order valence-electron chi connectivity index (χ2n) is 4.64. The SMILES string of the molecule is Cc1ccc(OCc2cccc(Br)c2)c([C@@H](C)O)c1. The van der Waals surface area contributed by atoms with Crippen LogP contribution in [0.4, 0.5) is 0 Å². The maximum Gasteiger partial charge on any atom is 0.125 e. The van der Waals surface area contributed by atoms with Crippen molar-refractivity contribution in [3.05, 3.63) is 63.6 Å². The predicted octanol–water partition coefficient (Wildman–Crippen LogP) is 4.39. The Morgan fingerprint density at radius 2 is 2.00 bits per heavy atom. The first-order chi connectivity index (χ1) is 9.06. The van der Waals surface area contributed by atoms with E-state index < -0.39 is 6.10 Å². The zero-order valence-corrected chi connectivity index (χ0v) is 12.6. The van der Waals surface area contributed by atoms with Crippen LogP contribution >= 0.6 is 15.9 Å². The molecule has 1 atom stereocenters. The van der Waals surface area contributed by atoms with Crippen molar-refractivity contribution in [2.45, 2.75) is 26.6 Å². The third kappa shape index (κ3) is 3.82. The van der Waals surface area contributed by atoms with Crippen LogP contribution in [0.25, 0.3) is 0 Å². The Bertz CT molecular complexity index is 564. The number of hydrogen-bond acceptors (Lipinski definition) is 2. The van der Waals surface area contributed by atoms with E-state index in [9.17, 15) is 5.11 Å². The lowest BCUT2D eigenvalue weighted by Crippen LogP contribution is -2.01. The average Bonchev–Trinajstić information content (AvgIpc) is 2.37. The summed E-state index contributed by atoms with van der Waals surface area (Å²) in [5.74, 6) is 0.737. The van der Waals surface area contributed by atoms with Gasteiger partial charge < -0.3 is 9.84 Å². The van der Waals surface area contributed by atoms with Crippen LogP contribution < -0.4 is 4.74 Å². The maximum absolute atomic E-state index is 9.78. The Balaban J connectivity index is 2.15. The molecule has 0 spiro atoms. The third-order valence-corrected chi connectivity index (χ3v) is 3.39. The van der Waals surface area contributed by atoms with Crippen LogP contribution in [-0.2, 0) is 6.61 Å². The lowest BCUT2D eigenvalue weighted by molar-refractivity contribution is 0.190. The molecule has 0 aliphatic heterocycles. The Morgan fingerprint density at radius 1 is 1.21 bits per heavy atom. The fourth-order valence-corrected chi connectivity index (χ4v) is 2.36. The second-order valence-corrected chi connectivity index (χ2v) is 5.55. The largest absolute Gasteiger partial charge is 0.489 e. The molecule has 2 rings (SSSR count). The minimum atomic E-state index is -0.530. The van der Waals surface area contributed by atoms with Crippen LogP contribution in [0.15, 0.2) is 46.9 Å². The molecular weight excluding hydrogens is 304 g/mol. The number of benzene rings is 2. The highest BCUT2D eigenvalue weighted by atomic mass is 79.9. The van der Waals surface area contributed by atoms with Gasteiger partial charge in [0.1, 0.15) is 12.4 Å². The van der Waals surface area contributed by atoms with Crippen LogP contribution in [0.1, 0.15) is 29.7 Å². The quantitative estimate of drug-likeness (QED) is 0.905. The predicted molar refractivity (Wildman–Crippen MR) is 80.3 cm³/mol. The summed E-state index contributed by atoms with van der Waals surface area (Å²) >= 11 is 3.44. The summed E-state index contributed by atoms with van der Waals surface area (Å²) < 4.78 is 6.85. The molecule has 0 heterocycles. The van der Waals surface area contributed by atoms with E-state index in [1.807, 2.05) is 49.4 Å². The van der Waals surface area contributed by atoms with Crippen LogP contribution in [0.3, 0.4) is 0 Å². The number of halogens is 1. The molecule has 3 heteroatoms. The topological polar surface area (TPSA) is 29.5 Å². The smallest absolute Gasteiger partial charge is 0.125 e. The molecule has 0 saturated carbocycles. The Morgan fingerprint density at radius 3 is 2.68 bits per heavy atom. The van der Waals surface area contributed by atoms with E-state index in [0.717, 1.165) is 26.9 Å². The second kappa shape index (κ2) is 6.22. The van der Waals surface area contributed by atoms with E-state index in [1.165, 1.54) is 0 Å². The van der Waals surface area contributed by atoms with Gasteiger partial charge in [0.15, 0.2) is 0 Å². The van der Waals surface area contributed by atoms with Gasteiger partial charge in [0.25, 0.3) is 0 Å². The molecule has 0 bridgehead atoms. The van der Waals surface area contributed by atoms with Crippen LogP contribution in [0, 0.1) is 6.92 Å². The highest BCUT2D eigenvalue weighted by Gasteiger charge is 2.09. The molecule has 2 aromatic rings. The number of aliphatic hydroxyl groups is 1. The van der Waals surface area contributed by atoms with Gasteiger partial charge in [-0.3, -0.25) is 0 Å². The van der Waals surface area contributed by atoms with E-state index in [-0.39, 0.29) is 0 Å². The number of hydrogen-bond donors (Lipinski definition) is 1. The molecule has 2 nitrogen and oxygen atoms in total. The van der Waals surface area contributed by atoms with Gasteiger partial charge >= 0.3 is 0 Å². The number of ether oxygens (including phenoxy) is 1. The standard InChI is InChI=1S/C16H17BrO2/c1-11-6-7-16(15(8-11)12(2)18)19-10-13-4-3-5-14(17)9-13/h3-9,12,18H,10H2,1-2H3/t12-/m1/s1. The fourth-order valence-electron chi connectivity index (χ4n) is 1.91. The molecule has 1 N–H and O–H groups in total. The molecule has 19 heavy (non-hydrogen) atoms. The lowest BCUT2D eigenvalue weighted by Gasteiger charge is -2.14. The van der Waals surface area contributed by atoms with E-state index >= 15 is 0 Å². The first-order valence-corrected chi connectivity index (χ1v) is 7.01. The third-order valence-electron chi connectivity index (χ3n) is 2.90. The molecule has 0 amide bonds. The molecule has 0 aliphatic rings. The van der Waals surface area contributed by atoms with Crippen molar-refractivity contribution in [2.24, 2.45) is 0 Å². The average molecular weight is 321 g/mol. The number of aliphatic hydroxyl groups excluding tert-OH is 1. The summed E-state index contributed by atoms with van der Waals surface area (Å²) in [6.07, 6.45) is -0.530. The van der Waals surface area contributed by atoms with Gasteiger partial charge in [-0.1, -0.05) is 39.7 Å². The molecule has 2 aromatic carbocycles. The van der Waals surface area contributed by atoms with E-state index in [2.05, 4.69) is 15.9 Å². The van der Waals surface area contributed by atoms with Crippen molar-refractivity contribution in [1.29, 1.82) is 0 Å². The summed E-state index contributed by atoms with van der Waals surface area (Å²) in [7, 11) is 0. The molecule has 0 aliphatic carbocycles. The first kappa shape index (κ1) is 14.1. The summed E-state index contributed by atoms with van der Waals surface area (Å²) in [5.41, 5.74) is 3.03. The minimum absolute atomic E-state index is 0.488. The van der Waals surface area contributed by atoms with Crippen molar-refractivity contribution in [1.82, 2.24) is 0 Å². The maximum atomic E-state index is 9.78. The van der Waals surface area contributed by atoms with Gasteiger partial charge in [-0.25, -0.2) is 0 Å². The zero-order valence-electron chi connectivity index (χ0n) is 11.1. The molecule has 0 fully saturated rings. The molecule has 0 radical (unpaired) electrons. The van der Waals surface area contributed by atoms with Gasteiger partial charge in [0.2, 0.25) is 0 Å². The van der Waals surface area contributed by atoms with Crippen molar-refractivity contribution in [2.75, 3.05) is 0 Å². The Labute approximate surface area is 122 Å². The highest BCUT2D eigenvalue weighted by Crippen LogP contribution is 2.27. The van der Waals surface area contributed by atoms with Gasteiger partial charge in [-0.05, 0) is 43.7 Å².